The van der Waals surface area contributed by atoms with Crippen molar-refractivity contribution in [3.05, 3.63) is 0 Å². The van der Waals surface area contributed by atoms with E-state index in [4.69, 9.17) is 11.5 Å². The van der Waals surface area contributed by atoms with Gasteiger partial charge in [-0.3, -0.25) is 0 Å². The number of carbonyl (C=O) groups is 1. The molecule has 0 saturated heterocycles. The Morgan fingerprint density at radius 2 is 1.43 bits per heavy atom. The van der Waals surface area contributed by atoms with E-state index >= 15 is 0 Å². The van der Waals surface area contributed by atoms with E-state index in [-0.39, 0.29) is 0 Å². The van der Waals surface area contributed by atoms with Crippen LogP contribution in [0.1, 0.15) is 44.9 Å². The van der Waals surface area contributed by atoms with Crippen LogP contribution < -0.4 is 16.8 Å². The SMILES string of the molecule is NCCCCCCCCCNC(N)=O. The Morgan fingerprint density at radius 3 is 1.93 bits per heavy atom. The molecule has 0 saturated carbocycles. The van der Waals surface area contributed by atoms with E-state index in [0.29, 0.717) is 6.54 Å². The van der Waals surface area contributed by atoms with Crippen LogP contribution in [0.5, 0.6) is 0 Å². The molecule has 84 valence electrons. The molecule has 0 aromatic rings. The first-order valence-corrected chi connectivity index (χ1v) is 5.50. The minimum absolute atomic E-state index is 0.423. The number of primary amides is 1. The van der Waals surface area contributed by atoms with Crippen molar-refractivity contribution in [2.75, 3.05) is 13.1 Å². The Morgan fingerprint density at radius 1 is 0.929 bits per heavy atom. The van der Waals surface area contributed by atoms with Crippen LogP contribution in [-0.4, -0.2) is 19.1 Å². The molecule has 0 atom stereocenters. The number of nitrogens with two attached hydrogens (primary N) is 2. The smallest absolute Gasteiger partial charge is 0.312 e. The van der Waals surface area contributed by atoms with Crippen LogP contribution in [0.3, 0.4) is 0 Å². The summed E-state index contributed by atoms with van der Waals surface area (Å²) < 4.78 is 0. The summed E-state index contributed by atoms with van der Waals surface area (Å²) in [6.45, 7) is 1.51. The molecule has 4 nitrogen and oxygen atoms in total. The van der Waals surface area contributed by atoms with Gasteiger partial charge in [-0.2, -0.15) is 0 Å². The highest BCUT2D eigenvalue weighted by atomic mass is 16.2. The number of hydrogen-bond donors (Lipinski definition) is 3. The summed E-state index contributed by atoms with van der Waals surface area (Å²) >= 11 is 0. The van der Waals surface area contributed by atoms with E-state index < -0.39 is 6.03 Å². The number of nitrogens with one attached hydrogen (secondary N) is 1. The average Bonchev–Trinajstić information content (AvgIpc) is 2.15. The molecular formula is C10H23N3O. The average molecular weight is 201 g/mol. The van der Waals surface area contributed by atoms with Crippen LogP contribution in [0, 0.1) is 0 Å². The highest BCUT2D eigenvalue weighted by Gasteiger charge is 1.92. The van der Waals surface area contributed by atoms with Gasteiger partial charge in [0, 0.05) is 6.54 Å². The Hall–Kier alpha value is -0.770. The maximum atomic E-state index is 10.3. The number of urea groups is 1. The van der Waals surface area contributed by atoms with Gasteiger partial charge in [0.2, 0.25) is 0 Å². The van der Waals surface area contributed by atoms with E-state index in [9.17, 15) is 4.79 Å². The van der Waals surface area contributed by atoms with Crippen LogP contribution >= 0.6 is 0 Å². The number of hydrogen-bond acceptors (Lipinski definition) is 2. The van der Waals surface area contributed by atoms with Crippen molar-refractivity contribution < 1.29 is 4.79 Å². The second-order valence-electron chi connectivity index (χ2n) is 3.55. The van der Waals surface area contributed by atoms with Crippen molar-refractivity contribution in [3.8, 4) is 0 Å². The zero-order valence-corrected chi connectivity index (χ0v) is 8.93. The molecule has 0 fully saturated rings. The lowest BCUT2D eigenvalue weighted by molar-refractivity contribution is 0.248. The molecule has 0 aliphatic carbocycles. The van der Waals surface area contributed by atoms with Gasteiger partial charge >= 0.3 is 6.03 Å². The third-order valence-electron chi connectivity index (χ3n) is 2.18. The molecule has 5 N–H and O–H groups in total. The van der Waals surface area contributed by atoms with Gasteiger partial charge in [0.1, 0.15) is 0 Å². The molecule has 0 rings (SSSR count). The first-order chi connectivity index (χ1) is 6.77. The minimum Gasteiger partial charge on any atom is -0.352 e. The van der Waals surface area contributed by atoms with Crippen molar-refractivity contribution in [3.63, 3.8) is 0 Å². The fraction of sp³-hybridized carbons (Fsp3) is 0.900. The molecule has 0 unspecified atom stereocenters. The number of unbranched alkanes of at least 4 members (excludes halogenated alkanes) is 6. The largest absolute Gasteiger partial charge is 0.352 e. The monoisotopic (exact) mass is 201 g/mol. The third kappa shape index (κ3) is 11.2. The summed E-state index contributed by atoms with van der Waals surface area (Å²) in [5, 5.41) is 2.58. The fourth-order valence-electron chi connectivity index (χ4n) is 1.36. The normalized spacial score (nSPS) is 10.1. The lowest BCUT2D eigenvalue weighted by Gasteiger charge is -2.02. The second kappa shape index (κ2) is 10.3. The molecule has 0 heterocycles. The molecule has 0 bridgehead atoms. The van der Waals surface area contributed by atoms with Gasteiger partial charge in [-0.1, -0.05) is 32.1 Å². The molecule has 0 radical (unpaired) electrons. The fourth-order valence-corrected chi connectivity index (χ4v) is 1.36. The number of amides is 2. The van der Waals surface area contributed by atoms with Gasteiger partial charge < -0.3 is 16.8 Å². The summed E-state index contributed by atoms with van der Waals surface area (Å²) in [4.78, 5) is 10.3. The zero-order valence-electron chi connectivity index (χ0n) is 8.93. The van der Waals surface area contributed by atoms with Crippen LogP contribution in [0.2, 0.25) is 0 Å². The summed E-state index contributed by atoms with van der Waals surface area (Å²) in [5.74, 6) is 0. The minimum atomic E-state index is -0.423. The number of carbonyl (C=O) groups excluding carboxylic acids is 1. The van der Waals surface area contributed by atoms with Crippen molar-refractivity contribution in [2.45, 2.75) is 44.9 Å². The van der Waals surface area contributed by atoms with E-state index in [1.165, 1.54) is 32.1 Å². The highest BCUT2D eigenvalue weighted by Crippen LogP contribution is 2.05. The molecule has 4 heteroatoms. The van der Waals surface area contributed by atoms with Crippen LogP contribution in [0.25, 0.3) is 0 Å². The Labute approximate surface area is 86.4 Å². The van der Waals surface area contributed by atoms with E-state index in [2.05, 4.69) is 5.32 Å². The lowest BCUT2D eigenvalue weighted by atomic mass is 10.1. The van der Waals surface area contributed by atoms with Crippen LogP contribution in [-0.2, 0) is 0 Å². The van der Waals surface area contributed by atoms with E-state index in [1.54, 1.807) is 0 Å². The van der Waals surface area contributed by atoms with Gasteiger partial charge in [0.25, 0.3) is 0 Å². The van der Waals surface area contributed by atoms with Gasteiger partial charge in [-0.05, 0) is 19.4 Å². The van der Waals surface area contributed by atoms with Crippen molar-refractivity contribution in [1.82, 2.24) is 5.32 Å². The maximum absolute atomic E-state index is 10.3. The molecule has 0 spiro atoms. The molecule has 0 aliphatic heterocycles. The van der Waals surface area contributed by atoms with E-state index in [1.807, 2.05) is 0 Å². The summed E-state index contributed by atoms with van der Waals surface area (Å²) in [6, 6.07) is -0.423. The zero-order chi connectivity index (χ0) is 10.6. The quantitative estimate of drug-likeness (QED) is 0.492. The predicted molar refractivity (Wildman–Crippen MR) is 59.0 cm³/mol. The molecule has 0 aliphatic rings. The molecule has 14 heavy (non-hydrogen) atoms. The summed E-state index contributed by atoms with van der Waals surface area (Å²) in [7, 11) is 0. The van der Waals surface area contributed by atoms with Crippen LogP contribution in [0.15, 0.2) is 0 Å². The van der Waals surface area contributed by atoms with Gasteiger partial charge in [0.05, 0.1) is 0 Å². The van der Waals surface area contributed by atoms with Crippen molar-refractivity contribution in [2.24, 2.45) is 11.5 Å². The van der Waals surface area contributed by atoms with Crippen molar-refractivity contribution in [1.29, 1.82) is 0 Å². The topological polar surface area (TPSA) is 81.1 Å². The van der Waals surface area contributed by atoms with Gasteiger partial charge in [-0.25, -0.2) is 4.79 Å². The lowest BCUT2D eigenvalue weighted by Crippen LogP contribution is -2.29. The first kappa shape index (κ1) is 13.2. The molecule has 0 aromatic heterocycles. The highest BCUT2D eigenvalue weighted by molar-refractivity contribution is 5.71. The summed E-state index contributed by atoms with van der Waals surface area (Å²) in [6.07, 6.45) is 8.38. The van der Waals surface area contributed by atoms with Crippen molar-refractivity contribution >= 4 is 6.03 Å². The summed E-state index contributed by atoms with van der Waals surface area (Å²) in [5.41, 5.74) is 10.3. The Kier molecular flexibility index (Phi) is 9.74. The maximum Gasteiger partial charge on any atom is 0.312 e. The first-order valence-electron chi connectivity index (χ1n) is 5.50. The second-order valence-corrected chi connectivity index (χ2v) is 3.55. The molecule has 0 aromatic carbocycles. The Bertz CT molecular complexity index is 139. The molecular weight excluding hydrogens is 178 g/mol. The number of rotatable bonds is 9. The standard InChI is InChI=1S/C10H23N3O/c11-8-6-4-2-1-3-5-7-9-13-10(12)14/h1-9,11H2,(H3,12,13,14). The Balaban J connectivity index is 2.88. The van der Waals surface area contributed by atoms with Gasteiger partial charge in [-0.15, -0.1) is 0 Å². The van der Waals surface area contributed by atoms with Gasteiger partial charge in [0.15, 0.2) is 0 Å². The molecule has 2 amide bonds. The van der Waals surface area contributed by atoms with E-state index in [0.717, 1.165) is 19.4 Å². The third-order valence-corrected chi connectivity index (χ3v) is 2.18. The van der Waals surface area contributed by atoms with Crippen LogP contribution in [0.4, 0.5) is 4.79 Å². The predicted octanol–water partition coefficient (Wildman–Crippen LogP) is 1.34.